The third kappa shape index (κ3) is 4.60. The van der Waals surface area contributed by atoms with Crippen molar-refractivity contribution < 1.29 is 4.79 Å². The quantitative estimate of drug-likeness (QED) is 0.884. The minimum Gasteiger partial charge on any atom is -0.397 e. The van der Waals surface area contributed by atoms with E-state index in [4.69, 9.17) is 5.73 Å². The number of anilines is 1. The summed E-state index contributed by atoms with van der Waals surface area (Å²) >= 11 is 0. The zero-order valence-electron chi connectivity index (χ0n) is 12.5. The fourth-order valence-corrected chi connectivity index (χ4v) is 2.25. The maximum atomic E-state index is 12.0. The van der Waals surface area contributed by atoms with Crippen LogP contribution in [0, 0.1) is 6.92 Å². The summed E-state index contributed by atoms with van der Waals surface area (Å²) in [6, 6.07) is 11.9. The molecule has 0 aliphatic carbocycles. The number of hydrogen-bond acceptors (Lipinski definition) is 3. The van der Waals surface area contributed by atoms with Crippen LogP contribution in [0.5, 0.6) is 0 Å². The molecule has 3 N–H and O–H groups in total. The van der Waals surface area contributed by atoms with E-state index in [9.17, 15) is 4.79 Å². The molecule has 0 radical (unpaired) electrons. The van der Waals surface area contributed by atoms with Gasteiger partial charge in [0, 0.05) is 11.7 Å². The monoisotopic (exact) mass is 283 g/mol. The maximum absolute atomic E-state index is 12.0. The molecule has 4 nitrogen and oxygen atoms in total. The number of nitrogens with zero attached hydrogens (tertiary/aromatic N) is 1. The highest BCUT2D eigenvalue weighted by atomic mass is 16.1. The molecule has 2 aromatic rings. The summed E-state index contributed by atoms with van der Waals surface area (Å²) in [4.78, 5) is 16.1. The predicted octanol–water partition coefficient (Wildman–Crippen LogP) is 2.26. The lowest BCUT2D eigenvalue weighted by Gasteiger charge is -2.15. The van der Waals surface area contributed by atoms with Gasteiger partial charge in [-0.3, -0.25) is 9.78 Å². The molecule has 0 aliphatic heterocycles. The van der Waals surface area contributed by atoms with Gasteiger partial charge in [0.25, 0.3) is 0 Å². The number of rotatable bonds is 5. The molecule has 1 atom stereocenters. The highest BCUT2D eigenvalue weighted by molar-refractivity contribution is 5.78. The third-order valence-corrected chi connectivity index (χ3v) is 3.38. The predicted molar refractivity (Wildman–Crippen MR) is 84.8 cm³/mol. The van der Waals surface area contributed by atoms with E-state index in [1.54, 1.807) is 18.3 Å². The van der Waals surface area contributed by atoms with Gasteiger partial charge in [-0.25, -0.2) is 0 Å². The summed E-state index contributed by atoms with van der Waals surface area (Å²) in [6.07, 6.45) is 2.67. The van der Waals surface area contributed by atoms with Gasteiger partial charge in [-0.15, -0.1) is 0 Å². The van der Waals surface area contributed by atoms with Crippen molar-refractivity contribution in [2.75, 3.05) is 5.73 Å². The van der Waals surface area contributed by atoms with Crippen LogP contribution in [0.2, 0.25) is 0 Å². The standard InChI is InChI=1S/C17H21N3O/c1-12-5-3-4-6-14(12)9-13(2)20-17(21)10-16-8-7-15(18)11-19-16/h3-8,11,13H,9-10,18H2,1-2H3,(H,20,21). The van der Waals surface area contributed by atoms with Crippen molar-refractivity contribution in [2.45, 2.75) is 32.7 Å². The number of aromatic nitrogens is 1. The van der Waals surface area contributed by atoms with Crippen LogP contribution in [0.4, 0.5) is 5.69 Å². The Kier molecular flexibility index (Phi) is 4.93. The van der Waals surface area contributed by atoms with Crippen molar-refractivity contribution in [3.63, 3.8) is 0 Å². The fraction of sp³-hybridized carbons (Fsp3) is 0.294. The molecule has 0 spiro atoms. The van der Waals surface area contributed by atoms with Gasteiger partial charge in [0.05, 0.1) is 18.3 Å². The lowest BCUT2D eigenvalue weighted by atomic mass is 10.0. The molecule has 0 fully saturated rings. The molecule has 1 aromatic carbocycles. The number of benzene rings is 1. The average Bonchev–Trinajstić information content (AvgIpc) is 2.44. The molecule has 0 aliphatic rings. The van der Waals surface area contributed by atoms with E-state index in [0.29, 0.717) is 5.69 Å². The summed E-state index contributed by atoms with van der Waals surface area (Å²) in [5, 5.41) is 3.01. The molecule has 4 heteroatoms. The first-order valence-electron chi connectivity index (χ1n) is 7.09. The number of aryl methyl sites for hydroxylation is 1. The molecule has 0 bridgehead atoms. The number of amides is 1. The van der Waals surface area contributed by atoms with Gasteiger partial charge in [-0.05, 0) is 43.5 Å². The summed E-state index contributed by atoms with van der Waals surface area (Å²) in [7, 11) is 0. The highest BCUT2D eigenvalue weighted by Gasteiger charge is 2.10. The Morgan fingerprint density at radius 3 is 2.71 bits per heavy atom. The van der Waals surface area contributed by atoms with Crippen LogP contribution in [0.15, 0.2) is 42.6 Å². The van der Waals surface area contributed by atoms with Crippen molar-refractivity contribution in [2.24, 2.45) is 0 Å². The van der Waals surface area contributed by atoms with Crippen LogP contribution in [0.3, 0.4) is 0 Å². The van der Waals surface area contributed by atoms with E-state index in [1.807, 2.05) is 19.1 Å². The largest absolute Gasteiger partial charge is 0.397 e. The van der Waals surface area contributed by atoms with Crippen molar-refractivity contribution in [3.8, 4) is 0 Å². The summed E-state index contributed by atoms with van der Waals surface area (Å²) in [5.41, 5.74) is 9.41. The summed E-state index contributed by atoms with van der Waals surface area (Å²) in [5.74, 6) is -0.0200. The Bertz CT molecular complexity index is 608. The van der Waals surface area contributed by atoms with Crippen molar-refractivity contribution >= 4 is 11.6 Å². The summed E-state index contributed by atoms with van der Waals surface area (Å²) in [6.45, 7) is 4.10. The Morgan fingerprint density at radius 2 is 2.05 bits per heavy atom. The number of pyridine rings is 1. The van der Waals surface area contributed by atoms with Gasteiger partial charge >= 0.3 is 0 Å². The Labute approximate surface area is 125 Å². The SMILES string of the molecule is Cc1ccccc1CC(C)NC(=O)Cc1ccc(N)cn1. The van der Waals surface area contributed by atoms with Crippen LogP contribution in [-0.2, 0) is 17.6 Å². The van der Waals surface area contributed by atoms with Gasteiger partial charge in [0.2, 0.25) is 5.91 Å². The van der Waals surface area contributed by atoms with E-state index in [-0.39, 0.29) is 18.4 Å². The molecule has 1 unspecified atom stereocenters. The molecule has 1 amide bonds. The average molecular weight is 283 g/mol. The number of hydrogen-bond donors (Lipinski definition) is 2. The zero-order valence-corrected chi connectivity index (χ0v) is 12.5. The van der Waals surface area contributed by atoms with Gasteiger partial charge in [0.15, 0.2) is 0 Å². The second kappa shape index (κ2) is 6.88. The fourth-order valence-electron chi connectivity index (χ4n) is 2.25. The molecule has 0 saturated carbocycles. The Hall–Kier alpha value is -2.36. The van der Waals surface area contributed by atoms with Gasteiger partial charge < -0.3 is 11.1 Å². The molecular weight excluding hydrogens is 262 g/mol. The number of nitrogens with one attached hydrogen (secondary N) is 1. The number of nitrogens with two attached hydrogens (primary N) is 1. The van der Waals surface area contributed by atoms with Crippen LogP contribution in [0.25, 0.3) is 0 Å². The van der Waals surface area contributed by atoms with Crippen molar-refractivity contribution in [3.05, 3.63) is 59.4 Å². The van der Waals surface area contributed by atoms with E-state index in [2.05, 4.69) is 29.4 Å². The minimum atomic E-state index is -0.0200. The number of nitrogen functional groups attached to an aromatic ring is 1. The minimum absolute atomic E-state index is 0.0200. The maximum Gasteiger partial charge on any atom is 0.226 e. The Morgan fingerprint density at radius 1 is 1.29 bits per heavy atom. The van der Waals surface area contributed by atoms with E-state index in [0.717, 1.165) is 12.1 Å². The van der Waals surface area contributed by atoms with E-state index >= 15 is 0 Å². The third-order valence-electron chi connectivity index (χ3n) is 3.38. The van der Waals surface area contributed by atoms with Crippen LogP contribution in [-0.4, -0.2) is 16.9 Å². The van der Waals surface area contributed by atoms with Crippen molar-refractivity contribution in [1.29, 1.82) is 0 Å². The van der Waals surface area contributed by atoms with Crippen LogP contribution < -0.4 is 11.1 Å². The molecule has 110 valence electrons. The second-order valence-electron chi connectivity index (χ2n) is 5.36. The van der Waals surface area contributed by atoms with Crippen molar-refractivity contribution in [1.82, 2.24) is 10.3 Å². The molecule has 1 heterocycles. The number of carbonyl (C=O) groups excluding carboxylic acids is 1. The van der Waals surface area contributed by atoms with Gasteiger partial charge in [0.1, 0.15) is 0 Å². The Balaban J connectivity index is 1.87. The molecular formula is C17H21N3O. The zero-order chi connectivity index (χ0) is 15.2. The molecule has 1 aromatic heterocycles. The van der Waals surface area contributed by atoms with Gasteiger partial charge in [-0.2, -0.15) is 0 Å². The number of carbonyl (C=O) groups is 1. The van der Waals surface area contributed by atoms with Crippen LogP contribution >= 0.6 is 0 Å². The van der Waals surface area contributed by atoms with E-state index in [1.165, 1.54) is 11.1 Å². The normalized spacial score (nSPS) is 11.9. The van der Waals surface area contributed by atoms with E-state index < -0.39 is 0 Å². The second-order valence-corrected chi connectivity index (χ2v) is 5.36. The van der Waals surface area contributed by atoms with Gasteiger partial charge in [-0.1, -0.05) is 24.3 Å². The topological polar surface area (TPSA) is 68.0 Å². The van der Waals surface area contributed by atoms with Crippen LogP contribution in [0.1, 0.15) is 23.7 Å². The first-order chi connectivity index (χ1) is 10.0. The first-order valence-corrected chi connectivity index (χ1v) is 7.09. The highest BCUT2D eigenvalue weighted by Crippen LogP contribution is 2.10. The summed E-state index contributed by atoms with van der Waals surface area (Å²) < 4.78 is 0. The molecule has 2 rings (SSSR count). The lowest BCUT2D eigenvalue weighted by Crippen LogP contribution is -2.35. The first kappa shape index (κ1) is 15.0. The molecule has 21 heavy (non-hydrogen) atoms. The smallest absolute Gasteiger partial charge is 0.226 e. The lowest BCUT2D eigenvalue weighted by molar-refractivity contribution is -0.121. The molecule has 0 saturated heterocycles.